The molecule has 0 bridgehead atoms. The van der Waals surface area contributed by atoms with Crippen molar-refractivity contribution in [1.29, 1.82) is 0 Å². The minimum absolute atomic E-state index is 0.339. The quantitative estimate of drug-likeness (QED) is 0.559. The highest BCUT2D eigenvalue weighted by Gasteiger charge is 2.54. The minimum atomic E-state index is 0.339. The first-order chi connectivity index (χ1) is 5.16. The third-order valence-corrected chi connectivity index (χ3v) is 2.93. The summed E-state index contributed by atoms with van der Waals surface area (Å²) in [6, 6.07) is 0.410. The molecule has 2 heteroatoms. The molecule has 1 spiro atoms. The third-order valence-electron chi connectivity index (χ3n) is 2.93. The number of amides is 1. The Balaban J connectivity index is 2.20. The fraction of sp³-hybridized carbons (Fsp3) is 0.889. The van der Waals surface area contributed by atoms with Crippen molar-refractivity contribution in [1.82, 2.24) is 4.90 Å². The van der Waals surface area contributed by atoms with E-state index in [-0.39, 0.29) is 0 Å². The van der Waals surface area contributed by atoms with Crippen molar-refractivity contribution in [2.24, 2.45) is 0 Å². The molecule has 1 amide bonds. The Morgan fingerprint density at radius 2 is 2.00 bits per heavy atom. The predicted octanol–water partition coefficient (Wildman–Crippen LogP) is 1.55. The van der Waals surface area contributed by atoms with Crippen LogP contribution >= 0.6 is 0 Å². The van der Waals surface area contributed by atoms with E-state index < -0.39 is 0 Å². The molecule has 2 aliphatic rings. The van der Waals surface area contributed by atoms with Gasteiger partial charge in [-0.05, 0) is 33.1 Å². The molecule has 0 aromatic carbocycles. The highest BCUT2D eigenvalue weighted by molar-refractivity contribution is 5.80. The van der Waals surface area contributed by atoms with E-state index in [2.05, 4.69) is 18.7 Å². The van der Waals surface area contributed by atoms with Crippen molar-refractivity contribution in [3.05, 3.63) is 0 Å². The van der Waals surface area contributed by atoms with E-state index in [1.54, 1.807) is 0 Å². The van der Waals surface area contributed by atoms with E-state index in [1.807, 2.05) is 0 Å². The van der Waals surface area contributed by atoms with Gasteiger partial charge in [0.1, 0.15) is 0 Å². The van der Waals surface area contributed by atoms with Crippen LogP contribution in [0.1, 0.15) is 39.5 Å². The molecule has 0 aromatic heterocycles. The molecule has 1 heterocycles. The maximum Gasteiger partial charge on any atom is 0.223 e. The van der Waals surface area contributed by atoms with E-state index in [0.717, 1.165) is 12.8 Å². The van der Waals surface area contributed by atoms with E-state index >= 15 is 0 Å². The summed E-state index contributed by atoms with van der Waals surface area (Å²) < 4.78 is 0. The van der Waals surface area contributed by atoms with E-state index in [4.69, 9.17) is 0 Å². The van der Waals surface area contributed by atoms with Gasteiger partial charge in [0.15, 0.2) is 0 Å². The monoisotopic (exact) mass is 153 g/mol. The predicted molar refractivity (Wildman–Crippen MR) is 43.2 cm³/mol. The third kappa shape index (κ3) is 0.883. The number of likely N-dealkylation sites (tertiary alicyclic amines) is 1. The SMILES string of the molecule is CC(C)N1C(=O)CCC12CC2. The largest absolute Gasteiger partial charge is 0.335 e. The van der Waals surface area contributed by atoms with Crippen molar-refractivity contribution in [2.75, 3.05) is 0 Å². The zero-order valence-corrected chi connectivity index (χ0v) is 7.26. The standard InChI is InChI=1S/C9H15NO/c1-7(2)10-8(11)3-4-9(10)5-6-9/h7H,3-6H2,1-2H3. The van der Waals surface area contributed by atoms with Gasteiger partial charge < -0.3 is 4.90 Å². The molecule has 1 aliphatic carbocycles. The molecular weight excluding hydrogens is 138 g/mol. The number of carbonyl (C=O) groups excluding carboxylic acids is 1. The summed E-state index contributed by atoms with van der Waals surface area (Å²) >= 11 is 0. The van der Waals surface area contributed by atoms with E-state index in [9.17, 15) is 4.79 Å². The maximum atomic E-state index is 11.4. The summed E-state index contributed by atoms with van der Waals surface area (Å²) in [5.41, 5.74) is 0.339. The Kier molecular flexibility index (Phi) is 1.29. The Labute approximate surface area is 67.6 Å². The first kappa shape index (κ1) is 7.14. The molecule has 0 aromatic rings. The summed E-state index contributed by atoms with van der Waals surface area (Å²) in [6.45, 7) is 4.23. The Morgan fingerprint density at radius 3 is 2.36 bits per heavy atom. The topological polar surface area (TPSA) is 20.3 Å². The van der Waals surface area contributed by atoms with Crippen molar-refractivity contribution in [2.45, 2.75) is 51.1 Å². The van der Waals surface area contributed by atoms with Crippen LogP contribution in [0.3, 0.4) is 0 Å². The summed E-state index contributed by atoms with van der Waals surface area (Å²) in [6.07, 6.45) is 4.40. The molecule has 2 fully saturated rings. The summed E-state index contributed by atoms with van der Waals surface area (Å²) in [4.78, 5) is 13.5. The second kappa shape index (κ2) is 1.99. The van der Waals surface area contributed by atoms with E-state index in [0.29, 0.717) is 17.5 Å². The maximum absolute atomic E-state index is 11.4. The molecule has 1 saturated heterocycles. The van der Waals surface area contributed by atoms with Crippen LogP contribution in [0.15, 0.2) is 0 Å². The number of rotatable bonds is 1. The van der Waals surface area contributed by atoms with Crippen molar-refractivity contribution in [3.63, 3.8) is 0 Å². The van der Waals surface area contributed by atoms with Crippen molar-refractivity contribution >= 4 is 5.91 Å². The van der Waals surface area contributed by atoms with Gasteiger partial charge in [-0.1, -0.05) is 0 Å². The number of hydrogen-bond donors (Lipinski definition) is 0. The van der Waals surface area contributed by atoms with Crippen molar-refractivity contribution < 1.29 is 4.79 Å². The molecule has 0 unspecified atom stereocenters. The first-order valence-electron chi connectivity index (χ1n) is 4.48. The molecule has 2 nitrogen and oxygen atoms in total. The van der Waals surface area contributed by atoms with Gasteiger partial charge in [0.25, 0.3) is 0 Å². The van der Waals surface area contributed by atoms with Gasteiger partial charge in [0, 0.05) is 18.0 Å². The van der Waals surface area contributed by atoms with Gasteiger partial charge >= 0.3 is 0 Å². The van der Waals surface area contributed by atoms with Crippen molar-refractivity contribution in [3.8, 4) is 0 Å². The zero-order valence-electron chi connectivity index (χ0n) is 7.26. The highest BCUT2D eigenvalue weighted by atomic mass is 16.2. The van der Waals surface area contributed by atoms with Crippen LogP contribution in [0.25, 0.3) is 0 Å². The van der Waals surface area contributed by atoms with Crippen LogP contribution in [-0.4, -0.2) is 22.4 Å². The minimum Gasteiger partial charge on any atom is -0.335 e. The molecule has 1 aliphatic heterocycles. The molecule has 11 heavy (non-hydrogen) atoms. The lowest BCUT2D eigenvalue weighted by Gasteiger charge is -2.28. The molecule has 0 radical (unpaired) electrons. The summed E-state index contributed by atoms with van der Waals surface area (Å²) in [5.74, 6) is 0.373. The van der Waals surface area contributed by atoms with Gasteiger partial charge in [-0.2, -0.15) is 0 Å². The molecule has 62 valence electrons. The smallest absolute Gasteiger partial charge is 0.223 e. The van der Waals surface area contributed by atoms with Crippen LogP contribution < -0.4 is 0 Å². The summed E-state index contributed by atoms with van der Waals surface area (Å²) in [5, 5.41) is 0. The fourth-order valence-electron chi connectivity index (χ4n) is 2.32. The van der Waals surface area contributed by atoms with E-state index in [1.165, 1.54) is 12.8 Å². The van der Waals surface area contributed by atoms with Crippen LogP contribution in [0.5, 0.6) is 0 Å². The molecule has 0 atom stereocenters. The lowest BCUT2D eigenvalue weighted by atomic mass is 10.2. The van der Waals surface area contributed by atoms with Gasteiger partial charge in [-0.15, -0.1) is 0 Å². The second-order valence-corrected chi connectivity index (χ2v) is 4.08. The van der Waals surface area contributed by atoms with Crippen LogP contribution in [-0.2, 0) is 4.79 Å². The van der Waals surface area contributed by atoms with Gasteiger partial charge in [0.05, 0.1) is 0 Å². The van der Waals surface area contributed by atoms with Crippen LogP contribution in [0.2, 0.25) is 0 Å². The van der Waals surface area contributed by atoms with Crippen LogP contribution in [0.4, 0.5) is 0 Å². The lowest BCUT2D eigenvalue weighted by Crippen LogP contribution is -2.40. The second-order valence-electron chi connectivity index (χ2n) is 4.08. The zero-order chi connectivity index (χ0) is 8.06. The average molecular weight is 153 g/mol. The number of carbonyl (C=O) groups is 1. The van der Waals surface area contributed by atoms with Gasteiger partial charge in [-0.25, -0.2) is 0 Å². The molecule has 0 N–H and O–H groups in total. The molecule has 1 saturated carbocycles. The Morgan fingerprint density at radius 1 is 1.36 bits per heavy atom. The Bertz CT molecular complexity index is 194. The fourth-order valence-corrected chi connectivity index (χ4v) is 2.32. The Hall–Kier alpha value is -0.530. The average Bonchev–Trinajstić information content (AvgIpc) is 2.56. The summed E-state index contributed by atoms with van der Waals surface area (Å²) in [7, 11) is 0. The molecular formula is C9H15NO. The van der Waals surface area contributed by atoms with Gasteiger partial charge in [0.2, 0.25) is 5.91 Å². The number of hydrogen-bond acceptors (Lipinski definition) is 1. The highest BCUT2D eigenvalue weighted by Crippen LogP contribution is 2.50. The van der Waals surface area contributed by atoms with Gasteiger partial charge in [-0.3, -0.25) is 4.79 Å². The molecule has 2 rings (SSSR count). The lowest BCUT2D eigenvalue weighted by molar-refractivity contribution is -0.131. The van der Waals surface area contributed by atoms with Crippen LogP contribution in [0, 0.1) is 0 Å². The number of nitrogens with zero attached hydrogens (tertiary/aromatic N) is 1. The first-order valence-corrected chi connectivity index (χ1v) is 4.48. The normalized spacial score (nSPS) is 27.2.